The van der Waals surface area contributed by atoms with Crippen LogP contribution in [0.2, 0.25) is 0 Å². The van der Waals surface area contributed by atoms with Crippen LogP contribution in [0.5, 0.6) is 5.19 Å². The molecule has 0 amide bonds. The number of methoxy groups -OCH3 is 1. The monoisotopic (exact) mass is 184 g/mol. The van der Waals surface area contributed by atoms with E-state index in [2.05, 4.69) is 4.98 Å². The van der Waals surface area contributed by atoms with Crippen LogP contribution in [0, 0.1) is 0 Å². The zero-order chi connectivity index (χ0) is 8.60. The Morgan fingerprint density at radius 3 is 3.00 bits per heavy atom. The lowest BCUT2D eigenvalue weighted by Crippen LogP contribution is -2.23. The number of thiazole rings is 1. The van der Waals surface area contributed by atoms with E-state index in [0.29, 0.717) is 0 Å². The first kappa shape index (κ1) is 8.01. The summed E-state index contributed by atoms with van der Waals surface area (Å²) < 4.78 is 5.00. The Morgan fingerprint density at radius 1 is 1.75 bits per heavy atom. The summed E-state index contributed by atoms with van der Waals surface area (Å²) in [6, 6.07) is 0. The van der Waals surface area contributed by atoms with Gasteiger partial charge in [0.25, 0.3) is 5.19 Å². The van der Waals surface area contributed by atoms with Crippen LogP contribution in [0.4, 0.5) is 0 Å². The van der Waals surface area contributed by atoms with E-state index in [9.17, 15) is 0 Å². The number of aromatic nitrogens is 1. The maximum atomic E-state index is 5.97. The van der Waals surface area contributed by atoms with E-state index in [0.717, 1.165) is 24.5 Å². The molecule has 0 bridgehead atoms. The second-order valence-corrected chi connectivity index (χ2v) is 4.41. The van der Waals surface area contributed by atoms with Crippen molar-refractivity contribution in [1.82, 2.24) is 4.98 Å². The standard InChI is InChI=1S/C8H12N2OS/c1-11-7-10-5-6(12-7)4-8(9)2-3-8/h5H,2-4,9H2,1H3. The first-order chi connectivity index (χ1) is 5.72. The highest BCUT2D eigenvalue weighted by atomic mass is 32.1. The highest BCUT2D eigenvalue weighted by Gasteiger charge is 2.38. The van der Waals surface area contributed by atoms with Crippen molar-refractivity contribution < 1.29 is 4.74 Å². The molecule has 12 heavy (non-hydrogen) atoms. The van der Waals surface area contributed by atoms with Gasteiger partial charge < -0.3 is 10.5 Å². The van der Waals surface area contributed by atoms with Crippen LogP contribution in [0.15, 0.2) is 6.20 Å². The Morgan fingerprint density at radius 2 is 2.50 bits per heavy atom. The zero-order valence-electron chi connectivity index (χ0n) is 7.04. The molecule has 4 heteroatoms. The van der Waals surface area contributed by atoms with E-state index in [1.54, 1.807) is 18.4 Å². The average Bonchev–Trinajstić information content (AvgIpc) is 2.63. The second-order valence-electron chi connectivity index (χ2n) is 3.34. The molecule has 2 rings (SSSR count). The summed E-state index contributed by atoms with van der Waals surface area (Å²) in [7, 11) is 1.64. The summed E-state index contributed by atoms with van der Waals surface area (Å²) in [6.07, 6.45) is 5.10. The van der Waals surface area contributed by atoms with Crippen LogP contribution in [0.3, 0.4) is 0 Å². The van der Waals surface area contributed by atoms with Gasteiger partial charge >= 0.3 is 0 Å². The fourth-order valence-electron chi connectivity index (χ4n) is 1.15. The van der Waals surface area contributed by atoms with Crippen LogP contribution in [-0.2, 0) is 6.42 Å². The van der Waals surface area contributed by atoms with Crippen LogP contribution < -0.4 is 10.5 Å². The molecular formula is C8H12N2OS. The first-order valence-corrected chi connectivity index (χ1v) is 4.81. The topological polar surface area (TPSA) is 48.1 Å². The highest BCUT2D eigenvalue weighted by Crippen LogP contribution is 2.37. The molecule has 0 atom stereocenters. The number of ether oxygens (including phenoxy) is 1. The molecule has 1 fully saturated rings. The Bertz CT molecular complexity index is 280. The van der Waals surface area contributed by atoms with Gasteiger partial charge in [0, 0.05) is 23.0 Å². The predicted molar refractivity (Wildman–Crippen MR) is 48.5 cm³/mol. The third kappa shape index (κ3) is 1.59. The Hall–Kier alpha value is -0.610. The maximum absolute atomic E-state index is 5.97. The number of hydrogen-bond acceptors (Lipinski definition) is 4. The normalized spacial score (nSPS) is 19.2. The average molecular weight is 184 g/mol. The van der Waals surface area contributed by atoms with E-state index >= 15 is 0 Å². The lowest BCUT2D eigenvalue weighted by Gasteiger charge is -2.03. The minimum Gasteiger partial charge on any atom is -0.473 e. The van der Waals surface area contributed by atoms with Crippen molar-refractivity contribution in [2.45, 2.75) is 24.8 Å². The van der Waals surface area contributed by atoms with Gasteiger partial charge in [-0.05, 0) is 12.8 Å². The molecule has 1 heterocycles. The molecule has 1 aromatic rings. The number of nitrogens with two attached hydrogens (primary N) is 1. The fourth-order valence-corrected chi connectivity index (χ4v) is 2.03. The molecular weight excluding hydrogens is 172 g/mol. The third-order valence-corrected chi connectivity index (χ3v) is 3.08. The summed E-state index contributed by atoms with van der Waals surface area (Å²) in [4.78, 5) is 5.32. The van der Waals surface area contributed by atoms with Crippen molar-refractivity contribution in [3.05, 3.63) is 11.1 Å². The lowest BCUT2D eigenvalue weighted by molar-refractivity contribution is 0.412. The molecule has 0 aliphatic heterocycles. The summed E-state index contributed by atoms with van der Waals surface area (Å²) in [5, 5.41) is 0.731. The highest BCUT2D eigenvalue weighted by molar-refractivity contribution is 7.13. The molecule has 1 saturated carbocycles. The summed E-state index contributed by atoms with van der Waals surface area (Å²) in [5.41, 5.74) is 6.05. The second kappa shape index (κ2) is 2.71. The lowest BCUT2D eigenvalue weighted by atomic mass is 10.2. The van der Waals surface area contributed by atoms with Crippen molar-refractivity contribution in [2.75, 3.05) is 7.11 Å². The molecule has 3 nitrogen and oxygen atoms in total. The predicted octanol–water partition coefficient (Wildman–Crippen LogP) is 1.19. The minimum atomic E-state index is 0.0809. The van der Waals surface area contributed by atoms with E-state index in [1.807, 2.05) is 6.20 Å². The molecule has 0 saturated heterocycles. The largest absolute Gasteiger partial charge is 0.473 e. The molecule has 66 valence electrons. The quantitative estimate of drug-likeness (QED) is 0.767. The Balaban J connectivity index is 2.03. The Kier molecular flexibility index (Phi) is 1.81. The van der Waals surface area contributed by atoms with Gasteiger partial charge in [-0.15, -0.1) is 0 Å². The Labute approximate surface area is 75.6 Å². The molecule has 1 aliphatic carbocycles. The van der Waals surface area contributed by atoms with Gasteiger partial charge in [0.2, 0.25) is 0 Å². The number of rotatable bonds is 3. The molecule has 0 spiro atoms. The SMILES string of the molecule is COc1ncc(CC2(N)CC2)s1. The van der Waals surface area contributed by atoms with Gasteiger partial charge in [0.05, 0.1) is 7.11 Å². The van der Waals surface area contributed by atoms with Gasteiger partial charge in [-0.3, -0.25) is 0 Å². The van der Waals surface area contributed by atoms with Gasteiger partial charge in [-0.2, -0.15) is 0 Å². The van der Waals surface area contributed by atoms with Gasteiger partial charge in [0.1, 0.15) is 0 Å². The van der Waals surface area contributed by atoms with E-state index in [4.69, 9.17) is 10.5 Å². The fraction of sp³-hybridized carbons (Fsp3) is 0.625. The van der Waals surface area contributed by atoms with E-state index in [1.165, 1.54) is 4.88 Å². The van der Waals surface area contributed by atoms with Crippen LogP contribution in [-0.4, -0.2) is 17.6 Å². The van der Waals surface area contributed by atoms with E-state index < -0.39 is 0 Å². The molecule has 0 radical (unpaired) electrons. The summed E-state index contributed by atoms with van der Waals surface area (Å²) in [6.45, 7) is 0. The molecule has 0 unspecified atom stereocenters. The molecule has 1 aromatic heterocycles. The number of nitrogens with zero attached hydrogens (tertiary/aromatic N) is 1. The van der Waals surface area contributed by atoms with Crippen molar-refractivity contribution in [2.24, 2.45) is 5.73 Å². The summed E-state index contributed by atoms with van der Waals surface area (Å²) in [5.74, 6) is 0. The number of hydrogen-bond donors (Lipinski definition) is 1. The zero-order valence-corrected chi connectivity index (χ0v) is 7.86. The van der Waals surface area contributed by atoms with Gasteiger partial charge in [0.15, 0.2) is 0 Å². The summed E-state index contributed by atoms with van der Waals surface area (Å²) >= 11 is 1.59. The smallest absolute Gasteiger partial charge is 0.273 e. The first-order valence-electron chi connectivity index (χ1n) is 3.99. The minimum absolute atomic E-state index is 0.0809. The van der Waals surface area contributed by atoms with Crippen LogP contribution >= 0.6 is 11.3 Å². The van der Waals surface area contributed by atoms with E-state index in [-0.39, 0.29) is 5.54 Å². The van der Waals surface area contributed by atoms with Gasteiger partial charge in [-0.25, -0.2) is 4.98 Å². The third-order valence-electron chi connectivity index (χ3n) is 2.13. The molecule has 2 N–H and O–H groups in total. The van der Waals surface area contributed by atoms with Crippen molar-refractivity contribution in [1.29, 1.82) is 0 Å². The van der Waals surface area contributed by atoms with Crippen LogP contribution in [0.1, 0.15) is 17.7 Å². The van der Waals surface area contributed by atoms with Crippen molar-refractivity contribution in [3.8, 4) is 5.19 Å². The molecule has 0 aromatic carbocycles. The van der Waals surface area contributed by atoms with Crippen molar-refractivity contribution >= 4 is 11.3 Å². The maximum Gasteiger partial charge on any atom is 0.273 e. The molecule has 1 aliphatic rings. The van der Waals surface area contributed by atoms with Gasteiger partial charge in [-0.1, -0.05) is 11.3 Å². The van der Waals surface area contributed by atoms with Crippen molar-refractivity contribution in [3.63, 3.8) is 0 Å². The van der Waals surface area contributed by atoms with Crippen LogP contribution in [0.25, 0.3) is 0 Å².